The van der Waals surface area contributed by atoms with Crippen LogP contribution in [-0.2, 0) is 4.79 Å². The average molecular weight is 482 g/mol. The van der Waals surface area contributed by atoms with Crippen LogP contribution in [0.3, 0.4) is 0 Å². The molecule has 0 saturated heterocycles. The number of rotatable bonds is 2. The van der Waals surface area contributed by atoms with E-state index in [0.29, 0.717) is 17.9 Å². The topological polar surface area (TPSA) is 37.3 Å². The van der Waals surface area contributed by atoms with E-state index in [-0.39, 0.29) is 11.9 Å². The second-order valence-electron chi connectivity index (χ2n) is 2.68. The summed E-state index contributed by atoms with van der Waals surface area (Å²) in [5.74, 6) is -1.33. The lowest BCUT2D eigenvalue weighted by Gasteiger charge is -2.09. The van der Waals surface area contributed by atoms with Gasteiger partial charge in [0.25, 0.3) is 0 Å². The second kappa shape index (κ2) is 5.75. The molecule has 1 rings (SSSR count). The number of hydrogen-bond donors (Lipinski definition) is 1. The molecule has 16 heavy (non-hydrogen) atoms. The smallest absolute Gasteiger partial charge is 0.338 e. The maximum absolute atomic E-state index is 12.5. The molecular weight excluding hydrogens is 479 g/mol. The quantitative estimate of drug-likeness (QED) is 0.361. The van der Waals surface area contributed by atoms with Gasteiger partial charge in [-0.05, 0) is 69.8 Å². The lowest BCUT2D eigenvalue weighted by atomic mass is 10.1. The highest BCUT2D eigenvalue weighted by Gasteiger charge is 2.19. The van der Waals surface area contributed by atoms with Crippen LogP contribution >= 0.6 is 63.7 Å². The Morgan fingerprint density at radius 3 is 2.19 bits per heavy atom. The van der Waals surface area contributed by atoms with Gasteiger partial charge in [-0.15, -0.1) is 0 Å². The Labute approximate surface area is 124 Å². The number of halogens is 5. The third-order valence-electron chi connectivity index (χ3n) is 1.73. The molecule has 0 aromatic heterocycles. The largest absolute Gasteiger partial charge is 0.478 e. The molecule has 1 N–H and O–H groups in total. The van der Waals surface area contributed by atoms with Gasteiger partial charge in [-0.3, -0.25) is 0 Å². The summed E-state index contributed by atoms with van der Waals surface area (Å²) >= 11 is 13.0. The highest BCUT2D eigenvalue weighted by atomic mass is 79.9. The molecule has 86 valence electrons. The van der Waals surface area contributed by atoms with Crippen LogP contribution < -0.4 is 0 Å². The van der Waals surface area contributed by atoms with Crippen molar-refractivity contribution in [2.24, 2.45) is 0 Å². The van der Waals surface area contributed by atoms with Gasteiger partial charge in [-0.1, -0.05) is 0 Å². The van der Waals surface area contributed by atoms with E-state index >= 15 is 0 Å². The van der Waals surface area contributed by atoms with Crippen molar-refractivity contribution < 1.29 is 14.3 Å². The van der Waals surface area contributed by atoms with E-state index < -0.39 is 11.5 Å². The minimum Gasteiger partial charge on any atom is -0.478 e. The number of carbonyl (C=O) groups is 1. The minimum absolute atomic E-state index is 0.0647. The predicted octanol–water partition coefficient (Wildman–Crippen LogP) is 5.13. The lowest BCUT2D eigenvalue weighted by Crippen LogP contribution is -2.00. The molecule has 1 aromatic carbocycles. The summed E-state index contributed by atoms with van der Waals surface area (Å²) in [4.78, 5) is 10.8. The summed E-state index contributed by atoms with van der Waals surface area (Å²) in [6.07, 6.45) is 0.0647. The fourth-order valence-electron chi connectivity index (χ4n) is 0.990. The van der Waals surface area contributed by atoms with Crippen molar-refractivity contribution in [2.75, 3.05) is 0 Å². The van der Waals surface area contributed by atoms with Crippen LogP contribution in [0.25, 0.3) is 5.57 Å². The molecule has 2 nitrogen and oxygen atoms in total. The van der Waals surface area contributed by atoms with Crippen molar-refractivity contribution in [3.8, 4) is 0 Å². The first-order valence-corrected chi connectivity index (χ1v) is 6.94. The van der Waals surface area contributed by atoms with Gasteiger partial charge in [0.15, 0.2) is 0 Å². The third kappa shape index (κ3) is 2.75. The zero-order valence-corrected chi connectivity index (χ0v) is 13.7. The lowest BCUT2D eigenvalue weighted by molar-refractivity contribution is -0.130. The molecule has 0 radical (unpaired) electrons. The first kappa shape index (κ1) is 14.3. The minimum atomic E-state index is -1.33. The van der Waals surface area contributed by atoms with Gasteiger partial charge in [0.1, 0.15) is 6.33 Å². The van der Waals surface area contributed by atoms with E-state index in [1.165, 1.54) is 6.07 Å². The highest BCUT2D eigenvalue weighted by molar-refractivity contribution is 9.15. The molecule has 0 atom stereocenters. The van der Waals surface area contributed by atoms with Crippen LogP contribution in [0, 0.1) is 0 Å². The van der Waals surface area contributed by atoms with E-state index in [0.717, 1.165) is 0 Å². The molecule has 0 aliphatic heterocycles. The summed E-state index contributed by atoms with van der Waals surface area (Å²) in [6.45, 7) is 0. The molecule has 0 spiro atoms. The van der Waals surface area contributed by atoms with Crippen LogP contribution in [0.5, 0.6) is 0 Å². The molecule has 1 aromatic rings. The van der Waals surface area contributed by atoms with Gasteiger partial charge in [0, 0.05) is 23.5 Å². The average Bonchev–Trinajstić information content (AvgIpc) is 2.23. The highest BCUT2D eigenvalue weighted by Crippen LogP contribution is 2.41. The fraction of sp³-hybridized carbons (Fsp3) is 0. The summed E-state index contributed by atoms with van der Waals surface area (Å²) < 4.78 is 14.9. The van der Waals surface area contributed by atoms with Crippen LogP contribution in [0.1, 0.15) is 5.56 Å². The summed E-state index contributed by atoms with van der Waals surface area (Å²) in [5.41, 5.74) is -0.169. The Kier molecular flexibility index (Phi) is 5.15. The Morgan fingerprint density at radius 2 is 1.75 bits per heavy atom. The van der Waals surface area contributed by atoms with Gasteiger partial charge in [-0.2, -0.15) is 0 Å². The fourth-order valence-corrected chi connectivity index (χ4v) is 3.21. The number of aliphatic carboxylic acids is 1. The van der Waals surface area contributed by atoms with Crippen LogP contribution in [-0.4, -0.2) is 11.1 Å². The molecule has 0 saturated carbocycles. The zero-order chi connectivity index (χ0) is 12.5. The van der Waals surface area contributed by atoms with Crippen molar-refractivity contribution in [1.82, 2.24) is 0 Å². The zero-order valence-electron chi connectivity index (χ0n) is 7.40. The van der Waals surface area contributed by atoms with Crippen molar-refractivity contribution in [1.29, 1.82) is 0 Å². The van der Waals surface area contributed by atoms with E-state index in [9.17, 15) is 9.18 Å². The molecule has 7 heteroatoms. The van der Waals surface area contributed by atoms with Crippen molar-refractivity contribution >= 4 is 75.3 Å². The number of carboxylic acid groups (broad SMARTS) is 1. The molecule has 0 amide bonds. The predicted molar refractivity (Wildman–Crippen MR) is 74.0 cm³/mol. The number of benzene rings is 1. The van der Waals surface area contributed by atoms with Gasteiger partial charge in [0.05, 0.1) is 5.57 Å². The Bertz CT molecular complexity index is 485. The van der Waals surface area contributed by atoms with E-state index in [2.05, 4.69) is 63.7 Å². The molecule has 0 aliphatic rings. The van der Waals surface area contributed by atoms with E-state index in [1.807, 2.05) is 0 Å². The van der Waals surface area contributed by atoms with Crippen LogP contribution in [0.2, 0.25) is 0 Å². The van der Waals surface area contributed by atoms with Crippen LogP contribution in [0.15, 0.2) is 30.3 Å². The molecule has 0 aliphatic carbocycles. The Morgan fingerprint density at radius 1 is 1.19 bits per heavy atom. The summed E-state index contributed by atoms with van der Waals surface area (Å²) in [7, 11) is 0. The molecule has 0 heterocycles. The van der Waals surface area contributed by atoms with Crippen molar-refractivity contribution in [2.45, 2.75) is 0 Å². The molecule has 0 bridgehead atoms. The van der Waals surface area contributed by atoms with Gasteiger partial charge >= 0.3 is 5.97 Å². The standard InChI is InChI=1S/C9H3Br4FO2/c10-5-1-3(4(2-14)9(15)16)6(11)8(13)7(5)12/h1-2H,(H,15,16). The summed E-state index contributed by atoms with van der Waals surface area (Å²) in [5, 5.41) is 8.83. The second-order valence-corrected chi connectivity index (χ2v) is 5.91. The maximum atomic E-state index is 12.5. The van der Waals surface area contributed by atoms with Gasteiger partial charge < -0.3 is 5.11 Å². The molecular formula is C9H3Br4FO2. The first-order chi connectivity index (χ1) is 7.40. The molecule has 0 fully saturated rings. The van der Waals surface area contributed by atoms with Crippen molar-refractivity contribution in [3.63, 3.8) is 0 Å². The SMILES string of the molecule is O=C(O)C(=CF)c1cc(Br)c(Br)c(Br)c1Br. The van der Waals surface area contributed by atoms with Crippen molar-refractivity contribution in [3.05, 3.63) is 35.9 Å². The Balaban J connectivity index is 3.53. The van der Waals surface area contributed by atoms with E-state index in [1.54, 1.807) is 0 Å². The molecule has 0 unspecified atom stereocenters. The first-order valence-electron chi connectivity index (χ1n) is 3.77. The number of hydrogen-bond acceptors (Lipinski definition) is 1. The normalized spacial score (nSPS) is 11.7. The third-order valence-corrected chi connectivity index (χ3v) is 6.39. The maximum Gasteiger partial charge on any atom is 0.338 e. The number of carboxylic acids is 1. The Hall–Kier alpha value is 0.280. The van der Waals surface area contributed by atoms with Gasteiger partial charge in [-0.25, -0.2) is 9.18 Å². The van der Waals surface area contributed by atoms with Crippen LogP contribution in [0.4, 0.5) is 4.39 Å². The summed E-state index contributed by atoms with van der Waals surface area (Å²) in [6, 6.07) is 1.51. The van der Waals surface area contributed by atoms with Gasteiger partial charge in [0.2, 0.25) is 0 Å². The monoisotopic (exact) mass is 478 g/mol. The van der Waals surface area contributed by atoms with E-state index in [4.69, 9.17) is 5.11 Å².